The molecule has 0 spiro atoms. The Morgan fingerprint density at radius 3 is 2.58 bits per heavy atom. The van der Waals surface area contributed by atoms with E-state index in [9.17, 15) is 4.79 Å². The lowest BCUT2D eigenvalue weighted by Gasteiger charge is -2.25. The van der Waals surface area contributed by atoms with Crippen LogP contribution in [0, 0.1) is 5.92 Å². The summed E-state index contributed by atoms with van der Waals surface area (Å²) in [6, 6.07) is 0. The van der Waals surface area contributed by atoms with Crippen molar-refractivity contribution in [1.82, 2.24) is 5.32 Å². The molecule has 2 atom stereocenters. The van der Waals surface area contributed by atoms with Crippen LogP contribution in [-0.4, -0.2) is 38.9 Å². The van der Waals surface area contributed by atoms with Crippen LogP contribution in [0.2, 0.25) is 0 Å². The van der Waals surface area contributed by atoms with Crippen molar-refractivity contribution in [2.45, 2.75) is 58.4 Å². The van der Waals surface area contributed by atoms with E-state index in [-0.39, 0.29) is 5.97 Å². The van der Waals surface area contributed by atoms with Gasteiger partial charge in [-0.05, 0) is 45.6 Å². The van der Waals surface area contributed by atoms with E-state index in [1.54, 1.807) is 7.05 Å². The van der Waals surface area contributed by atoms with Crippen LogP contribution < -0.4 is 5.32 Å². The number of carbonyl (C=O) groups is 1. The molecule has 19 heavy (non-hydrogen) atoms. The first kappa shape index (κ1) is 18.4. The number of esters is 1. The quantitative estimate of drug-likeness (QED) is 0.464. The summed E-state index contributed by atoms with van der Waals surface area (Å²) in [5.74, 6) is 0.440. The minimum absolute atomic E-state index is 0.201. The van der Waals surface area contributed by atoms with Crippen molar-refractivity contribution in [2.75, 3.05) is 27.4 Å². The first-order chi connectivity index (χ1) is 9.00. The van der Waals surface area contributed by atoms with Gasteiger partial charge in [0.1, 0.15) is 5.54 Å². The van der Waals surface area contributed by atoms with Gasteiger partial charge in [0, 0.05) is 13.2 Å². The minimum atomic E-state index is -0.579. The molecular weight excluding hydrogens is 242 g/mol. The lowest BCUT2D eigenvalue weighted by Crippen LogP contribution is -2.48. The van der Waals surface area contributed by atoms with Gasteiger partial charge in [-0.15, -0.1) is 0 Å². The molecule has 0 saturated carbocycles. The molecule has 0 aromatic heterocycles. The van der Waals surface area contributed by atoms with Crippen LogP contribution in [-0.2, 0) is 14.3 Å². The van der Waals surface area contributed by atoms with Gasteiger partial charge in [0.05, 0.1) is 7.11 Å². The van der Waals surface area contributed by atoms with Crippen LogP contribution >= 0.6 is 0 Å². The average Bonchev–Trinajstić information content (AvgIpc) is 2.41. The molecule has 0 fully saturated rings. The molecule has 0 amide bonds. The standard InChI is InChI=1S/C15H31NO3/c1-6-9-13(2)12-19-11-8-7-10-15(3,16-4)14(17)18-5/h13,16H,6-12H2,1-5H3. The highest BCUT2D eigenvalue weighted by Gasteiger charge is 2.31. The zero-order valence-electron chi connectivity index (χ0n) is 13.3. The normalized spacial score (nSPS) is 15.8. The number of likely N-dealkylation sites (N-methyl/N-ethyl adjacent to an activating group) is 1. The summed E-state index contributed by atoms with van der Waals surface area (Å²) in [5.41, 5.74) is -0.579. The molecule has 0 bridgehead atoms. The first-order valence-electron chi connectivity index (χ1n) is 7.35. The maximum Gasteiger partial charge on any atom is 0.325 e. The molecule has 114 valence electrons. The molecule has 0 aromatic carbocycles. The van der Waals surface area contributed by atoms with Crippen molar-refractivity contribution in [3.63, 3.8) is 0 Å². The zero-order valence-corrected chi connectivity index (χ0v) is 13.3. The topological polar surface area (TPSA) is 47.6 Å². The van der Waals surface area contributed by atoms with Gasteiger partial charge in [-0.2, -0.15) is 0 Å². The molecule has 0 aliphatic heterocycles. The van der Waals surface area contributed by atoms with Crippen molar-refractivity contribution in [3.05, 3.63) is 0 Å². The second kappa shape index (κ2) is 10.2. The molecule has 0 aliphatic rings. The van der Waals surface area contributed by atoms with E-state index < -0.39 is 5.54 Å². The van der Waals surface area contributed by atoms with Gasteiger partial charge >= 0.3 is 5.97 Å². The lowest BCUT2D eigenvalue weighted by molar-refractivity contribution is -0.148. The minimum Gasteiger partial charge on any atom is -0.468 e. The number of ether oxygens (including phenoxy) is 2. The van der Waals surface area contributed by atoms with Gasteiger partial charge in [0.2, 0.25) is 0 Å². The van der Waals surface area contributed by atoms with Crippen LogP contribution in [0.5, 0.6) is 0 Å². The molecule has 0 aromatic rings. The van der Waals surface area contributed by atoms with Crippen molar-refractivity contribution in [1.29, 1.82) is 0 Å². The third-order valence-corrected chi connectivity index (χ3v) is 3.59. The Morgan fingerprint density at radius 1 is 1.37 bits per heavy atom. The Kier molecular flexibility index (Phi) is 9.88. The average molecular weight is 273 g/mol. The Morgan fingerprint density at radius 2 is 2.05 bits per heavy atom. The largest absolute Gasteiger partial charge is 0.468 e. The van der Waals surface area contributed by atoms with Gasteiger partial charge in [-0.25, -0.2) is 0 Å². The van der Waals surface area contributed by atoms with Crippen molar-refractivity contribution < 1.29 is 14.3 Å². The van der Waals surface area contributed by atoms with Crippen molar-refractivity contribution >= 4 is 5.97 Å². The van der Waals surface area contributed by atoms with E-state index >= 15 is 0 Å². The van der Waals surface area contributed by atoms with E-state index in [1.165, 1.54) is 20.0 Å². The highest BCUT2D eigenvalue weighted by Crippen LogP contribution is 2.15. The van der Waals surface area contributed by atoms with Gasteiger partial charge in [-0.1, -0.05) is 20.3 Å². The smallest absolute Gasteiger partial charge is 0.325 e. The van der Waals surface area contributed by atoms with Gasteiger partial charge < -0.3 is 14.8 Å². The Balaban J connectivity index is 3.70. The van der Waals surface area contributed by atoms with Crippen LogP contribution in [0.25, 0.3) is 0 Å². The zero-order chi connectivity index (χ0) is 14.7. The second-order valence-corrected chi connectivity index (χ2v) is 5.50. The van der Waals surface area contributed by atoms with E-state index in [1.807, 2.05) is 6.92 Å². The fourth-order valence-corrected chi connectivity index (χ4v) is 2.10. The molecule has 2 unspecified atom stereocenters. The van der Waals surface area contributed by atoms with Crippen LogP contribution in [0.15, 0.2) is 0 Å². The fraction of sp³-hybridized carbons (Fsp3) is 0.933. The maximum absolute atomic E-state index is 11.6. The summed E-state index contributed by atoms with van der Waals surface area (Å²) in [4.78, 5) is 11.6. The van der Waals surface area contributed by atoms with Gasteiger partial charge in [0.15, 0.2) is 0 Å². The van der Waals surface area contributed by atoms with Crippen LogP contribution in [0.3, 0.4) is 0 Å². The number of hydrogen-bond acceptors (Lipinski definition) is 4. The molecule has 0 aliphatic carbocycles. The molecule has 0 saturated heterocycles. The third-order valence-electron chi connectivity index (χ3n) is 3.59. The van der Waals surface area contributed by atoms with Crippen LogP contribution in [0.1, 0.15) is 52.9 Å². The predicted octanol–water partition coefficient (Wildman–Crippen LogP) is 2.76. The van der Waals surface area contributed by atoms with Gasteiger partial charge in [-0.3, -0.25) is 4.79 Å². The lowest BCUT2D eigenvalue weighted by atomic mass is 9.95. The Bertz CT molecular complexity index is 246. The molecule has 4 nitrogen and oxygen atoms in total. The van der Waals surface area contributed by atoms with Crippen LogP contribution in [0.4, 0.5) is 0 Å². The molecule has 1 N–H and O–H groups in total. The third kappa shape index (κ3) is 7.53. The second-order valence-electron chi connectivity index (χ2n) is 5.50. The van der Waals surface area contributed by atoms with Crippen molar-refractivity contribution in [2.24, 2.45) is 5.92 Å². The van der Waals surface area contributed by atoms with E-state index in [0.29, 0.717) is 5.92 Å². The summed E-state index contributed by atoms with van der Waals surface area (Å²) < 4.78 is 10.5. The number of nitrogens with one attached hydrogen (secondary N) is 1. The first-order valence-corrected chi connectivity index (χ1v) is 7.35. The molecule has 0 heterocycles. The summed E-state index contributed by atoms with van der Waals surface area (Å²) in [7, 11) is 3.22. The monoisotopic (exact) mass is 273 g/mol. The predicted molar refractivity (Wildman–Crippen MR) is 78.2 cm³/mol. The molecular formula is C15H31NO3. The summed E-state index contributed by atoms with van der Waals surface area (Å²) in [5, 5.41) is 3.04. The summed E-state index contributed by atoms with van der Waals surface area (Å²) in [6.07, 6.45) is 5.14. The molecule has 4 heteroatoms. The highest BCUT2D eigenvalue weighted by atomic mass is 16.5. The number of hydrogen-bond donors (Lipinski definition) is 1. The molecule has 0 rings (SSSR count). The van der Waals surface area contributed by atoms with E-state index in [4.69, 9.17) is 9.47 Å². The summed E-state index contributed by atoms with van der Waals surface area (Å²) in [6.45, 7) is 7.91. The van der Waals surface area contributed by atoms with E-state index in [0.717, 1.165) is 32.5 Å². The van der Waals surface area contributed by atoms with Gasteiger partial charge in [0.25, 0.3) is 0 Å². The van der Waals surface area contributed by atoms with E-state index in [2.05, 4.69) is 19.2 Å². The molecule has 0 radical (unpaired) electrons. The highest BCUT2D eigenvalue weighted by molar-refractivity contribution is 5.80. The number of carbonyl (C=O) groups excluding carboxylic acids is 1. The SMILES string of the molecule is CCCC(C)COCCCCC(C)(NC)C(=O)OC. The number of unbranched alkanes of at least 4 members (excludes halogenated alkanes) is 1. The Labute approximate surface area is 118 Å². The fourth-order valence-electron chi connectivity index (χ4n) is 2.10. The Hall–Kier alpha value is -0.610. The number of rotatable bonds is 11. The summed E-state index contributed by atoms with van der Waals surface area (Å²) >= 11 is 0. The maximum atomic E-state index is 11.6. The number of methoxy groups -OCH3 is 1. The van der Waals surface area contributed by atoms with Crippen molar-refractivity contribution in [3.8, 4) is 0 Å².